The van der Waals surface area contributed by atoms with Gasteiger partial charge in [-0.3, -0.25) is 4.55 Å². The Morgan fingerprint density at radius 1 is 0.769 bits per heavy atom. The van der Waals surface area contributed by atoms with Crippen LogP contribution in [0.5, 0.6) is 0 Å². The Balaban J connectivity index is 1.62. The second-order valence-corrected chi connectivity index (χ2v) is 10.3. The number of ether oxygens (including phenoxy) is 3. The van der Waals surface area contributed by atoms with E-state index >= 15 is 0 Å². The van der Waals surface area contributed by atoms with Crippen molar-refractivity contribution in [3.63, 3.8) is 0 Å². The number of azide groups is 1. The summed E-state index contributed by atoms with van der Waals surface area (Å²) in [6.07, 6.45) is -2.83. The van der Waals surface area contributed by atoms with Gasteiger partial charge in [-0.05, 0) is 28.6 Å². The number of hydrogen-bond donors (Lipinski definition) is 1. The van der Waals surface area contributed by atoms with Crippen LogP contribution in [0.1, 0.15) is 23.1 Å². The average Bonchev–Trinajstić information content (AvgIpc) is 2.94. The molecule has 1 saturated carbocycles. The maximum atomic E-state index is 11.8. The van der Waals surface area contributed by atoms with Crippen LogP contribution < -0.4 is 0 Å². The molecule has 1 aliphatic rings. The predicted octanol–water partition coefficient (Wildman–Crippen LogP) is 5.26. The van der Waals surface area contributed by atoms with Gasteiger partial charge < -0.3 is 14.2 Å². The molecule has 0 amide bonds. The summed E-state index contributed by atoms with van der Waals surface area (Å²) in [5.41, 5.74) is 12.0. The molecule has 1 N–H and O–H groups in total. The van der Waals surface area contributed by atoms with Gasteiger partial charge in [0.1, 0.15) is 12.2 Å². The van der Waals surface area contributed by atoms with Crippen molar-refractivity contribution in [2.75, 3.05) is 6.61 Å². The van der Waals surface area contributed by atoms with E-state index in [2.05, 4.69) is 10.0 Å². The van der Waals surface area contributed by atoms with Crippen LogP contribution in [0, 0.1) is 5.92 Å². The van der Waals surface area contributed by atoms with Crippen LogP contribution in [-0.2, 0) is 48.6 Å². The number of rotatable bonds is 13. The summed E-state index contributed by atoms with van der Waals surface area (Å²) >= 11 is 0. The fourth-order valence-corrected chi connectivity index (χ4v) is 5.23. The zero-order valence-corrected chi connectivity index (χ0v) is 22.0. The smallest absolute Gasteiger partial charge is 0.376 e. The van der Waals surface area contributed by atoms with Crippen molar-refractivity contribution in [3.8, 4) is 0 Å². The van der Waals surface area contributed by atoms with Crippen molar-refractivity contribution in [3.05, 3.63) is 118 Å². The lowest BCUT2D eigenvalue weighted by molar-refractivity contribution is -0.179. The van der Waals surface area contributed by atoms with E-state index in [1.807, 2.05) is 91.0 Å². The molecule has 0 radical (unpaired) electrons. The summed E-state index contributed by atoms with van der Waals surface area (Å²) in [6.45, 7) is 0.921. The van der Waals surface area contributed by atoms with E-state index in [-0.39, 0.29) is 32.2 Å². The summed E-state index contributed by atoms with van der Waals surface area (Å²) < 4.78 is 57.0. The Morgan fingerprint density at radius 2 is 1.26 bits per heavy atom. The van der Waals surface area contributed by atoms with E-state index in [4.69, 9.17) is 18.4 Å². The fourth-order valence-electron chi connectivity index (χ4n) is 4.71. The number of nitrogens with zero attached hydrogens (tertiary/aromatic N) is 3. The van der Waals surface area contributed by atoms with Crippen molar-refractivity contribution in [1.82, 2.24) is 0 Å². The molecule has 0 saturated heterocycles. The Labute approximate surface area is 228 Å². The van der Waals surface area contributed by atoms with Gasteiger partial charge in [0.2, 0.25) is 0 Å². The van der Waals surface area contributed by atoms with Gasteiger partial charge in [-0.15, -0.1) is 0 Å². The van der Waals surface area contributed by atoms with Crippen molar-refractivity contribution < 1.29 is 31.4 Å². The Hall–Kier alpha value is -3.28. The van der Waals surface area contributed by atoms with Gasteiger partial charge in [-0.25, -0.2) is 4.18 Å². The minimum Gasteiger partial charge on any atom is -0.376 e. The third-order valence-corrected chi connectivity index (χ3v) is 6.95. The summed E-state index contributed by atoms with van der Waals surface area (Å²) in [6, 6.07) is 27.6. The van der Waals surface area contributed by atoms with Gasteiger partial charge in [-0.2, -0.15) is 8.42 Å². The van der Waals surface area contributed by atoms with Gasteiger partial charge in [0.15, 0.2) is 0 Å². The summed E-state index contributed by atoms with van der Waals surface area (Å²) in [5, 5.41) is 3.81. The molecule has 11 heteroatoms. The Kier molecular flexibility index (Phi) is 10.5. The lowest BCUT2D eigenvalue weighted by atomic mass is 9.79. The molecule has 3 aromatic rings. The molecule has 0 aromatic heterocycles. The summed E-state index contributed by atoms with van der Waals surface area (Å²) in [7, 11) is -4.90. The normalized spacial score (nSPS) is 23.2. The molecule has 0 aliphatic heterocycles. The highest BCUT2D eigenvalue weighted by Crippen LogP contribution is 2.36. The molecule has 39 heavy (non-hydrogen) atoms. The monoisotopic (exact) mass is 553 g/mol. The molecule has 1 aliphatic carbocycles. The maximum Gasteiger partial charge on any atom is 0.397 e. The third kappa shape index (κ3) is 8.87. The van der Waals surface area contributed by atoms with Crippen molar-refractivity contribution >= 4 is 10.4 Å². The highest BCUT2D eigenvalue weighted by molar-refractivity contribution is 7.80. The molecule has 0 bridgehead atoms. The van der Waals surface area contributed by atoms with Gasteiger partial charge >= 0.3 is 10.4 Å². The van der Waals surface area contributed by atoms with Gasteiger partial charge in [0.25, 0.3) is 0 Å². The average molecular weight is 554 g/mol. The zero-order valence-electron chi connectivity index (χ0n) is 21.2. The van der Waals surface area contributed by atoms with E-state index in [9.17, 15) is 18.5 Å². The van der Waals surface area contributed by atoms with Crippen LogP contribution in [0.2, 0.25) is 0 Å². The molecule has 10 nitrogen and oxygen atoms in total. The molecular weight excluding hydrogens is 522 g/mol. The predicted molar refractivity (Wildman–Crippen MR) is 144 cm³/mol. The quantitative estimate of drug-likeness (QED) is 0.132. The van der Waals surface area contributed by atoms with E-state index in [0.29, 0.717) is 6.61 Å². The van der Waals surface area contributed by atoms with Crippen LogP contribution in [-0.4, -0.2) is 43.9 Å². The molecule has 206 valence electrons. The molecule has 0 unspecified atom stereocenters. The van der Waals surface area contributed by atoms with Crippen LogP contribution in [0.3, 0.4) is 0 Å². The Morgan fingerprint density at radius 3 is 1.74 bits per heavy atom. The lowest BCUT2D eigenvalue weighted by Gasteiger charge is -2.44. The Bertz CT molecular complexity index is 1310. The van der Waals surface area contributed by atoms with Crippen LogP contribution >= 0.6 is 0 Å². The van der Waals surface area contributed by atoms with Gasteiger partial charge in [0, 0.05) is 10.8 Å². The van der Waals surface area contributed by atoms with Gasteiger partial charge in [-0.1, -0.05) is 96.1 Å². The first-order valence-corrected chi connectivity index (χ1v) is 13.9. The largest absolute Gasteiger partial charge is 0.397 e. The molecular formula is C28H31N3O7S. The SMILES string of the molecule is [N-]=[N+]=N[C@H]1C[C@H](COCc2ccccc2)[C@@H](OCc2ccccc2)[C@H](OCc2ccccc2)[C@@H]1OS(=O)(=O)O. The minimum absolute atomic E-state index is 0.114. The first-order chi connectivity index (χ1) is 18.9. The van der Waals surface area contributed by atoms with Crippen LogP contribution in [0.4, 0.5) is 0 Å². The summed E-state index contributed by atoms with van der Waals surface area (Å²) in [4.78, 5) is 2.90. The molecule has 4 rings (SSSR count). The lowest BCUT2D eigenvalue weighted by Crippen LogP contribution is -2.57. The van der Waals surface area contributed by atoms with E-state index in [1.54, 1.807) is 0 Å². The highest BCUT2D eigenvalue weighted by Gasteiger charge is 2.48. The standard InChI is InChI=1S/C28H31N3O7S/c29-31-30-25-16-24(20-35-17-21-10-4-1-5-11-21)26(36-18-22-12-6-2-7-13-22)28(27(25)38-39(32,33)34)37-19-23-14-8-3-9-15-23/h1-15,24-28H,16-20H2,(H,32,33,34)/t24-,25+,26-,27-,28+/m1/s1. The van der Waals surface area contributed by atoms with Crippen LogP contribution in [0.15, 0.2) is 96.1 Å². The third-order valence-electron chi connectivity index (χ3n) is 6.48. The molecule has 5 atom stereocenters. The van der Waals surface area contributed by atoms with E-state index < -0.39 is 34.8 Å². The minimum atomic E-state index is -4.90. The van der Waals surface area contributed by atoms with Crippen LogP contribution in [0.25, 0.3) is 10.4 Å². The van der Waals surface area contributed by atoms with Crippen molar-refractivity contribution in [2.24, 2.45) is 11.0 Å². The molecule has 3 aromatic carbocycles. The zero-order chi connectivity index (χ0) is 27.5. The highest BCUT2D eigenvalue weighted by atomic mass is 32.3. The van der Waals surface area contributed by atoms with Crippen molar-refractivity contribution in [2.45, 2.75) is 50.6 Å². The van der Waals surface area contributed by atoms with E-state index in [1.165, 1.54) is 0 Å². The molecule has 1 fully saturated rings. The fraction of sp³-hybridized carbons (Fsp3) is 0.357. The first-order valence-electron chi connectivity index (χ1n) is 12.6. The molecule has 0 heterocycles. The van der Waals surface area contributed by atoms with Crippen molar-refractivity contribution in [1.29, 1.82) is 0 Å². The number of hydrogen-bond acceptors (Lipinski definition) is 7. The number of benzene rings is 3. The second kappa shape index (κ2) is 14.2. The topological polar surface area (TPSA) is 140 Å². The maximum absolute atomic E-state index is 11.8. The van der Waals surface area contributed by atoms with E-state index in [0.717, 1.165) is 16.7 Å². The van der Waals surface area contributed by atoms with Gasteiger partial charge in [0.05, 0.1) is 38.6 Å². The second-order valence-electron chi connectivity index (χ2n) is 9.28. The summed E-state index contributed by atoms with van der Waals surface area (Å²) in [5.74, 6) is -0.338. The first kappa shape index (κ1) is 28.7. The molecule has 0 spiro atoms.